The summed E-state index contributed by atoms with van der Waals surface area (Å²) < 4.78 is 91.5. The molecule has 0 saturated carbocycles. The van der Waals surface area contributed by atoms with E-state index in [9.17, 15) is 13.9 Å². The molecule has 2 bridgehead atoms. The lowest BCUT2D eigenvalue weighted by Gasteiger charge is -2.37. The molecule has 0 aliphatic carbocycles. The van der Waals surface area contributed by atoms with Crippen LogP contribution in [0, 0.1) is 0 Å². The van der Waals surface area contributed by atoms with E-state index in [-0.39, 0.29) is 28.3 Å². The van der Waals surface area contributed by atoms with E-state index in [1.807, 2.05) is 0 Å². The van der Waals surface area contributed by atoms with Gasteiger partial charge >= 0.3 is 6.80 Å². The minimum atomic E-state index is -4.42. The van der Waals surface area contributed by atoms with Gasteiger partial charge in [0.25, 0.3) is 12.1 Å². The van der Waals surface area contributed by atoms with Crippen LogP contribution in [0.15, 0.2) is 35.8 Å². The Labute approximate surface area is 262 Å². The number of nitrogen functional groups attached to an aromatic ring is 2. The number of fused-ring (bicyclic) bond motifs is 5. The first kappa shape index (κ1) is 31.1. The van der Waals surface area contributed by atoms with Crippen molar-refractivity contribution < 1.29 is 41.0 Å². The summed E-state index contributed by atoms with van der Waals surface area (Å²) in [5.74, 6) is 0.140. The smallest absolute Gasteiger partial charge is 0.385 e. The Morgan fingerprint density at radius 1 is 1.09 bits per heavy atom. The number of thiol groups is 2. The average molecular weight is 707 g/mol. The van der Waals surface area contributed by atoms with Crippen LogP contribution in [-0.2, 0) is 32.2 Å². The van der Waals surface area contributed by atoms with Gasteiger partial charge in [0.05, 0.1) is 30.4 Å². The number of halogens is 2. The largest absolute Gasteiger partial charge is 0.386 e. The van der Waals surface area contributed by atoms with Crippen molar-refractivity contribution in [3.05, 3.63) is 41.3 Å². The first-order valence-electron chi connectivity index (χ1n) is 13.4. The summed E-state index contributed by atoms with van der Waals surface area (Å²) >= 11 is 8.33. The fourth-order valence-corrected chi connectivity index (χ4v) is 9.82. The van der Waals surface area contributed by atoms with E-state index in [0.29, 0.717) is 5.39 Å². The van der Waals surface area contributed by atoms with Crippen LogP contribution in [0.2, 0.25) is 0 Å². The highest BCUT2D eigenvalue weighted by Crippen LogP contribution is 2.72. The molecule has 3 aliphatic rings. The number of H-pyrrole nitrogens is 1. The molecule has 3 aliphatic heterocycles. The molecule has 4 aromatic heterocycles. The van der Waals surface area contributed by atoms with Gasteiger partial charge in [-0.25, -0.2) is 28.3 Å². The van der Waals surface area contributed by atoms with Gasteiger partial charge in [-0.05, 0) is 13.0 Å². The van der Waals surface area contributed by atoms with Crippen LogP contribution >= 0.6 is 37.9 Å². The molecule has 45 heavy (non-hydrogen) atoms. The minimum Gasteiger partial charge on any atom is -0.385 e. The Morgan fingerprint density at radius 3 is 2.62 bits per heavy atom. The first-order valence-corrected chi connectivity index (χ1v) is 18.8. The third-order valence-electron chi connectivity index (χ3n) is 8.30. The van der Waals surface area contributed by atoms with Crippen molar-refractivity contribution >= 4 is 71.6 Å². The van der Waals surface area contributed by atoms with Crippen molar-refractivity contribution in [2.24, 2.45) is 0 Å². The Balaban J connectivity index is 1.27. The number of rotatable bonds is 2. The molecule has 3 fully saturated rings. The van der Waals surface area contributed by atoms with Gasteiger partial charge < -0.3 is 39.6 Å². The molecule has 242 valence electrons. The van der Waals surface area contributed by atoms with Gasteiger partial charge in [-0.1, -0.05) is 24.5 Å². The summed E-state index contributed by atoms with van der Waals surface area (Å²) in [4.78, 5) is 27.0. The summed E-state index contributed by atoms with van der Waals surface area (Å²) in [7, 11) is 0. The predicted molar refractivity (Wildman–Crippen MR) is 163 cm³/mol. The highest BCUT2D eigenvalue weighted by Gasteiger charge is 2.66. The van der Waals surface area contributed by atoms with Crippen molar-refractivity contribution in [3.63, 3.8) is 0 Å². The molecule has 0 spiro atoms. The molecule has 10 atom stereocenters. The van der Waals surface area contributed by atoms with Crippen LogP contribution in [-0.4, -0.2) is 78.1 Å². The fourth-order valence-electron chi connectivity index (χ4n) is 5.94. The molecule has 0 amide bonds. The molecule has 7 rings (SSSR count). The molecule has 2 unspecified atom stereocenters. The molecule has 0 aromatic carbocycles. The van der Waals surface area contributed by atoms with Gasteiger partial charge in [-0.2, -0.15) is 0 Å². The second-order valence-corrected chi connectivity index (χ2v) is 17.7. The highest BCUT2D eigenvalue weighted by molar-refractivity contribution is 8.46. The van der Waals surface area contributed by atoms with Gasteiger partial charge in [0.15, 0.2) is 24.1 Å². The molecule has 7 heterocycles. The summed E-state index contributed by atoms with van der Waals surface area (Å²) in [6, 6.07) is 2.94. The number of pyridine rings is 1. The number of anilines is 2. The van der Waals surface area contributed by atoms with E-state index in [1.165, 1.54) is 41.0 Å². The first-order chi connectivity index (χ1) is 21.2. The second-order valence-electron chi connectivity index (χ2n) is 11.0. The Morgan fingerprint density at radius 2 is 1.84 bits per heavy atom. The van der Waals surface area contributed by atoms with Gasteiger partial charge in [0, 0.05) is 12.3 Å². The van der Waals surface area contributed by atoms with Crippen LogP contribution < -0.4 is 17.0 Å². The van der Waals surface area contributed by atoms with Gasteiger partial charge in [0.2, 0.25) is 0 Å². The van der Waals surface area contributed by atoms with Crippen molar-refractivity contribution in [1.29, 1.82) is 0 Å². The average Bonchev–Trinajstić information content (AvgIpc) is 3.72. The van der Waals surface area contributed by atoms with E-state index < -0.39 is 80.4 Å². The zero-order valence-electron chi connectivity index (χ0n) is 23.0. The molecule has 16 nitrogen and oxygen atoms in total. The van der Waals surface area contributed by atoms with Crippen molar-refractivity contribution in [2.75, 3.05) is 24.7 Å². The van der Waals surface area contributed by atoms with E-state index in [4.69, 9.17) is 34.5 Å². The quantitative estimate of drug-likeness (QED) is 0.150. The lowest BCUT2D eigenvalue weighted by molar-refractivity contribution is -0.0402. The van der Waals surface area contributed by atoms with Crippen molar-refractivity contribution in [3.8, 4) is 0 Å². The molecule has 3 saturated heterocycles. The van der Waals surface area contributed by atoms with E-state index in [1.54, 1.807) is 6.07 Å². The standard InChI is InChI=1S/C23H26F2N8O8P2S2/c1-23-17(25)12(40-22(23)33-8-30-15-10(33)4-13(26)31-20(15)34)6-38-43(36,45)41-16-11(5-37-42(23,35)44)39-21(14(16)24)32-3-2-9-18(27)28-7-29-19(9)32/h2-4,7-8,11-12,14,16-17,21-22H,5-6H2,1H3,(H,35,44)(H,36,45)(H3,26,31,34)(H2,27,28,29)/t11-,12-,14+,16-,17-,21-,22-,23+,42?,43?/m1/s1. The van der Waals surface area contributed by atoms with Gasteiger partial charge in [0.1, 0.15) is 53.2 Å². The lowest BCUT2D eigenvalue weighted by Crippen LogP contribution is -2.42. The van der Waals surface area contributed by atoms with Gasteiger partial charge in [-0.3, -0.25) is 18.4 Å². The minimum absolute atomic E-state index is 0.0145. The number of alkyl halides is 2. The second kappa shape index (κ2) is 10.7. The fraction of sp³-hybridized carbons (Fsp3) is 0.478. The zero-order valence-corrected chi connectivity index (χ0v) is 26.6. The van der Waals surface area contributed by atoms with Crippen LogP contribution in [0.25, 0.3) is 22.1 Å². The molecule has 22 heteroatoms. The maximum atomic E-state index is 16.4. The number of nitrogens with one attached hydrogen (secondary N) is 1. The lowest BCUT2D eigenvalue weighted by atomic mass is 10.0. The number of hydrogen-bond acceptors (Lipinski definition) is 13. The monoisotopic (exact) mass is 706 g/mol. The van der Waals surface area contributed by atoms with Crippen LogP contribution in [0.4, 0.5) is 20.4 Å². The number of aromatic amines is 1. The predicted octanol–water partition coefficient (Wildman–Crippen LogP) is 3.16. The van der Waals surface area contributed by atoms with E-state index in [2.05, 4.69) is 44.4 Å². The SMILES string of the molecule is C[C@@]12[C@H](F)[C@@H](COP(=O)(S)O[C@H]3[C@H](F)[C@H](n4ccc5c(N)ncnc54)O[C@@H]3COP1(=O)S)O[C@H]2n1cnc2c(=O)[nH]c(N)cc21. The molecule has 5 N–H and O–H groups in total. The molecular formula is C23H26F2N8O8P2S2. The maximum absolute atomic E-state index is 16.4. The third kappa shape index (κ3) is 4.84. The van der Waals surface area contributed by atoms with Crippen molar-refractivity contribution in [1.82, 2.24) is 29.1 Å². The summed E-state index contributed by atoms with van der Waals surface area (Å²) in [5, 5.41) is -1.64. The Hall–Kier alpha value is -2.54. The summed E-state index contributed by atoms with van der Waals surface area (Å²) in [6.45, 7) is -8.90. The molecule has 4 aromatic rings. The maximum Gasteiger partial charge on any atom is 0.386 e. The zero-order chi connectivity index (χ0) is 32.1. The van der Waals surface area contributed by atoms with E-state index in [0.717, 1.165) is 0 Å². The highest BCUT2D eigenvalue weighted by atomic mass is 32.7. The normalized spacial score (nSPS) is 39.1. The van der Waals surface area contributed by atoms with Crippen molar-refractivity contribution in [2.45, 2.75) is 55.2 Å². The third-order valence-corrected chi connectivity index (χ3v) is 13.7. The number of nitrogens with zero attached hydrogens (tertiary/aromatic N) is 5. The van der Waals surface area contributed by atoms with Crippen LogP contribution in [0.1, 0.15) is 19.4 Å². The van der Waals surface area contributed by atoms with Crippen LogP contribution in [0.5, 0.6) is 0 Å². The summed E-state index contributed by atoms with van der Waals surface area (Å²) in [6.07, 6.45) is -7.56. The molecular weight excluding hydrogens is 680 g/mol. The topological polar surface area (TPSA) is 214 Å². The summed E-state index contributed by atoms with van der Waals surface area (Å²) in [5.41, 5.74) is 11.5. The number of ether oxygens (including phenoxy) is 2. The Kier molecular flexibility index (Phi) is 7.42. The van der Waals surface area contributed by atoms with Gasteiger partial charge in [-0.15, -0.1) is 0 Å². The Bertz CT molecular complexity index is 1980. The molecule has 0 radical (unpaired) electrons. The van der Waals surface area contributed by atoms with Crippen LogP contribution in [0.3, 0.4) is 0 Å². The number of imidazole rings is 1. The van der Waals surface area contributed by atoms with E-state index >= 15 is 8.78 Å². The number of nitrogens with two attached hydrogens (primary N) is 2. The number of aromatic nitrogens is 6. The number of hydrogen-bond donors (Lipinski definition) is 5.